The molecule has 0 spiro atoms. The maximum absolute atomic E-state index is 13.5. The largest absolute Gasteiger partial charge is 0.416 e. The average Bonchev–Trinajstić information content (AvgIpc) is 3.11. The van der Waals surface area contributed by atoms with Crippen molar-refractivity contribution >= 4 is 23.5 Å². The van der Waals surface area contributed by atoms with Gasteiger partial charge in [-0.25, -0.2) is 0 Å². The van der Waals surface area contributed by atoms with E-state index in [0.717, 1.165) is 46.5 Å². The average molecular weight is 551 g/mol. The maximum atomic E-state index is 13.5. The van der Waals surface area contributed by atoms with E-state index in [1.807, 2.05) is 17.1 Å². The fourth-order valence-electron chi connectivity index (χ4n) is 4.46. The van der Waals surface area contributed by atoms with E-state index in [1.54, 1.807) is 13.8 Å². The molecule has 0 radical (unpaired) electrons. The molecule has 1 aromatic heterocycles. The smallest absolute Gasteiger partial charge is 0.390 e. The predicted molar refractivity (Wildman–Crippen MR) is 132 cm³/mol. The second-order valence-electron chi connectivity index (χ2n) is 10.2. The maximum Gasteiger partial charge on any atom is 0.416 e. The quantitative estimate of drug-likeness (QED) is 0.348. The third kappa shape index (κ3) is 9.00. The molecule has 0 amide bonds. The molecule has 1 saturated heterocycles. The summed E-state index contributed by atoms with van der Waals surface area (Å²) < 4.78 is 80.0. The van der Waals surface area contributed by atoms with Crippen LogP contribution in [-0.2, 0) is 18.9 Å². The molecule has 0 saturated carbocycles. The van der Waals surface area contributed by atoms with Gasteiger partial charge in [0, 0.05) is 6.54 Å². The number of hydrogen-bond donors (Lipinski definition) is 2. The number of nitrogens with one attached hydrogen (secondary N) is 1. The number of thiazole rings is 1. The summed E-state index contributed by atoms with van der Waals surface area (Å²) in [5, 5.41) is 10.6. The van der Waals surface area contributed by atoms with Gasteiger partial charge in [-0.1, -0.05) is 36.0 Å². The van der Waals surface area contributed by atoms with Crippen molar-refractivity contribution in [1.29, 1.82) is 0 Å². The van der Waals surface area contributed by atoms with Crippen molar-refractivity contribution < 1.29 is 31.4 Å². The highest BCUT2D eigenvalue weighted by atomic mass is 32.1. The molecule has 3 rings (SSSR count). The molecule has 4 nitrogen and oxygen atoms in total. The molecule has 1 aromatic carbocycles. The molecule has 0 atom stereocenters. The lowest BCUT2D eigenvalue weighted by atomic mass is 9.95. The third-order valence-corrected chi connectivity index (χ3v) is 7.32. The first-order valence-corrected chi connectivity index (χ1v) is 13.1. The number of piperidine rings is 1. The minimum atomic E-state index is -4.88. The first-order chi connectivity index (χ1) is 17.1. The monoisotopic (exact) mass is 550 g/mol. The Morgan fingerprint density at radius 2 is 1.76 bits per heavy atom. The molecular weight excluding hydrogens is 518 g/mol. The van der Waals surface area contributed by atoms with Crippen LogP contribution in [0, 0.1) is 5.92 Å². The number of hydrogen-bond acceptors (Lipinski definition) is 4. The van der Waals surface area contributed by atoms with E-state index in [-0.39, 0.29) is 29.0 Å². The van der Waals surface area contributed by atoms with Gasteiger partial charge in [0.15, 0.2) is 0 Å². The molecule has 2 N–H and O–H groups in total. The highest BCUT2D eigenvalue weighted by molar-refractivity contribution is 7.07. The molecule has 0 bridgehead atoms. The van der Waals surface area contributed by atoms with Gasteiger partial charge in [-0.3, -0.25) is 9.69 Å². The van der Waals surface area contributed by atoms with Gasteiger partial charge in [0.2, 0.25) is 0 Å². The Morgan fingerprint density at radius 1 is 1.08 bits per heavy atom. The van der Waals surface area contributed by atoms with Gasteiger partial charge in [-0.05, 0) is 82.7 Å². The van der Waals surface area contributed by atoms with Crippen molar-refractivity contribution in [3.63, 3.8) is 0 Å². The third-order valence-electron chi connectivity index (χ3n) is 6.45. The van der Waals surface area contributed by atoms with E-state index < -0.39 is 29.1 Å². The van der Waals surface area contributed by atoms with Crippen molar-refractivity contribution in [2.24, 2.45) is 5.92 Å². The fourth-order valence-corrected chi connectivity index (χ4v) is 5.33. The molecule has 206 valence electrons. The molecule has 11 heteroatoms. The summed E-state index contributed by atoms with van der Waals surface area (Å²) in [5.41, 5.74) is -3.44. The summed E-state index contributed by atoms with van der Waals surface area (Å²) >= 11 is 1.12. The molecule has 0 unspecified atom stereocenters. The zero-order valence-corrected chi connectivity index (χ0v) is 21.6. The van der Waals surface area contributed by atoms with Crippen molar-refractivity contribution in [2.75, 3.05) is 13.1 Å². The van der Waals surface area contributed by atoms with Crippen LogP contribution in [0.25, 0.3) is 12.2 Å². The zero-order valence-electron chi connectivity index (χ0n) is 20.8. The number of halogens is 6. The number of aromatic nitrogens is 1. The van der Waals surface area contributed by atoms with Crippen LogP contribution in [-0.4, -0.2) is 33.7 Å². The number of likely N-dealkylation sites (tertiary alicyclic amines) is 1. The second-order valence-corrected chi connectivity index (χ2v) is 11.2. The van der Waals surface area contributed by atoms with Crippen molar-refractivity contribution in [1.82, 2.24) is 9.88 Å². The molecule has 1 fully saturated rings. The highest BCUT2D eigenvalue weighted by Gasteiger charge is 2.38. The number of aliphatic hydroxyl groups is 1. The summed E-state index contributed by atoms with van der Waals surface area (Å²) in [6.07, 6.45) is -1.19. The number of H-pyrrole nitrogens is 1. The standard InChI is InChI=1S/C26H32F6N2O2S/c1-24(2,36)11-5-3-4-6-21-22(37-23(35)33-21)14-17-9-12-34(13-10-17)16-18-7-8-19(25(27,28)29)15-20(18)26(30,31)32/h6-8,14-15,17,36H,3-5,9-13,16H2,1-2H3,(H,33,35)/b21-6+,22-14-. The normalized spacial score (nSPS) is 17.6. The van der Waals surface area contributed by atoms with E-state index in [4.69, 9.17) is 0 Å². The van der Waals surface area contributed by atoms with Gasteiger partial charge < -0.3 is 10.1 Å². The molecule has 1 aliphatic rings. The second kappa shape index (κ2) is 11.7. The van der Waals surface area contributed by atoms with Crippen LogP contribution >= 0.6 is 11.3 Å². The topological polar surface area (TPSA) is 56.3 Å². The Kier molecular flexibility index (Phi) is 9.34. The molecule has 1 aliphatic heterocycles. The van der Waals surface area contributed by atoms with Crippen molar-refractivity contribution in [2.45, 2.75) is 76.9 Å². The van der Waals surface area contributed by atoms with E-state index in [0.29, 0.717) is 38.4 Å². The summed E-state index contributed by atoms with van der Waals surface area (Å²) in [5.74, 6) is 0.139. The Labute approximate surface area is 215 Å². The molecule has 2 heterocycles. The van der Waals surface area contributed by atoms with Gasteiger partial charge in [-0.2, -0.15) is 26.3 Å². The van der Waals surface area contributed by atoms with E-state index in [1.165, 1.54) is 0 Å². The molecule has 37 heavy (non-hydrogen) atoms. The summed E-state index contributed by atoms with van der Waals surface area (Å²) in [6, 6.07) is 1.80. The van der Waals surface area contributed by atoms with Crippen LogP contribution in [0.2, 0.25) is 0 Å². The van der Waals surface area contributed by atoms with Gasteiger partial charge in [-0.15, -0.1) is 0 Å². The van der Waals surface area contributed by atoms with Crippen LogP contribution in [0.1, 0.15) is 69.1 Å². The lowest BCUT2D eigenvalue weighted by molar-refractivity contribution is -0.143. The lowest BCUT2D eigenvalue weighted by Crippen LogP contribution is -2.34. The summed E-state index contributed by atoms with van der Waals surface area (Å²) in [4.78, 5) is 16.5. The minimum Gasteiger partial charge on any atom is -0.390 e. The number of aromatic amines is 1. The molecule has 2 aromatic rings. The van der Waals surface area contributed by atoms with Gasteiger partial charge in [0.1, 0.15) is 0 Å². The Balaban J connectivity index is 1.65. The van der Waals surface area contributed by atoms with E-state index in [9.17, 15) is 36.2 Å². The highest BCUT2D eigenvalue weighted by Crippen LogP contribution is 2.38. The van der Waals surface area contributed by atoms with E-state index >= 15 is 0 Å². The number of alkyl halides is 6. The van der Waals surface area contributed by atoms with Gasteiger partial charge in [0.05, 0.1) is 26.6 Å². The first-order valence-electron chi connectivity index (χ1n) is 12.2. The summed E-state index contributed by atoms with van der Waals surface area (Å²) in [7, 11) is 0. The van der Waals surface area contributed by atoms with Crippen LogP contribution in [0.15, 0.2) is 23.0 Å². The van der Waals surface area contributed by atoms with Crippen molar-refractivity contribution in [3.8, 4) is 0 Å². The van der Waals surface area contributed by atoms with Gasteiger partial charge in [0.25, 0.3) is 0 Å². The molecule has 0 aliphatic carbocycles. The SMILES string of the molecule is CC(C)(O)CCCC/C=c1/[nH]c(=O)s/c1=C\C1CCN(Cc2ccc(C(F)(F)F)cc2C(F)(F)F)CC1. The summed E-state index contributed by atoms with van der Waals surface area (Å²) in [6.45, 7) is 4.44. The van der Waals surface area contributed by atoms with E-state index in [2.05, 4.69) is 4.98 Å². The minimum absolute atomic E-state index is 0.0825. The Hall–Kier alpha value is -2.11. The number of rotatable bonds is 8. The number of unbranched alkanes of at least 4 members (excludes halogenated alkanes) is 2. The number of nitrogens with zero attached hydrogens (tertiary/aromatic N) is 1. The lowest BCUT2D eigenvalue weighted by Gasteiger charge is -2.31. The van der Waals surface area contributed by atoms with Crippen LogP contribution in [0.5, 0.6) is 0 Å². The zero-order chi connectivity index (χ0) is 27.4. The van der Waals surface area contributed by atoms with Gasteiger partial charge >= 0.3 is 17.2 Å². The van der Waals surface area contributed by atoms with Crippen molar-refractivity contribution in [3.05, 3.63) is 54.4 Å². The predicted octanol–water partition coefficient (Wildman–Crippen LogP) is 5.28. The number of benzene rings is 1. The molecular formula is C26H32F6N2O2S. The van der Waals surface area contributed by atoms with Crippen LogP contribution in [0.4, 0.5) is 26.3 Å². The first kappa shape index (κ1) is 29.4. The van der Waals surface area contributed by atoms with Crippen LogP contribution in [0.3, 0.4) is 0 Å². The fraction of sp³-hybridized carbons (Fsp3) is 0.577. The Morgan fingerprint density at radius 3 is 2.35 bits per heavy atom. The van der Waals surface area contributed by atoms with Crippen LogP contribution < -0.4 is 14.8 Å². The Bertz CT molecular complexity index is 1220.